The second-order valence-corrected chi connectivity index (χ2v) is 10.0. The number of aromatic nitrogens is 5. The summed E-state index contributed by atoms with van der Waals surface area (Å²) in [5.41, 5.74) is -0.325. The number of hydrogen-bond acceptors (Lipinski definition) is 9. The van der Waals surface area contributed by atoms with Crippen molar-refractivity contribution in [2.75, 3.05) is 12.4 Å². The first kappa shape index (κ1) is 26.7. The van der Waals surface area contributed by atoms with Crippen LogP contribution in [0, 0.1) is 0 Å². The summed E-state index contributed by atoms with van der Waals surface area (Å²) >= 11 is 0. The molecule has 4 rings (SSSR count). The number of rotatable bonds is 9. The molecule has 0 bridgehead atoms. The summed E-state index contributed by atoms with van der Waals surface area (Å²) in [7, 11) is -1.40. The molecule has 0 saturated heterocycles. The molecule has 0 aliphatic heterocycles. The Morgan fingerprint density at radius 1 is 1.32 bits per heavy atom. The number of carbonyl (C=O) groups excluding carboxylic acids is 1. The van der Waals surface area contributed by atoms with Crippen molar-refractivity contribution in [3.05, 3.63) is 59.6 Å². The van der Waals surface area contributed by atoms with Crippen LogP contribution in [0.3, 0.4) is 0 Å². The van der Waals surface area contributed by atoms with Gasteiger partial charge in [0.2, 0.25) is 0 Å². The zero-order valence-corrected chi connectivity index (χ0v) is 20.5. The molecule has 3 aromatic rings. The summed E-state index contributed by atoms with van der Waals surface area (Å²) in [4.78, 5) is 21.2. The monoisotopic (exact) mass is 543 g/mol. The maximum Gasteiger partial charge on any atom is 0.435 e. The van der Waals surface area contributed by atoms with Gasteiger partial charge in [0.05, 0.1) is 23.9 Å². The Labute approximate surface area is 209 Å². The molecule has 16 heteroatoms. The number of anilines is 1. The van der Waals surface area contributed by atoms with Gasteiger partial charge in [0.1, 0.15) is 18.2 Å². The Balaban J connectivity index is 1.47. The van der Waals surface area contributed by atoms with Gasteiger partial charge in [0.15, 0.2) is 11.5 Å². The van der Waals surface area contributed by atoms with E-state index in [2.05, 4.69) is 20.4 Å². The van der Waals surface area contributed by atoms with Gasteiger partial charge in [0, 0.05) is 44.3 Å². The minimum absolute atomic E-state index is 0.0557. The smallest absolute Gasteiger partial charge is 0.390 e. The van der Waals surface area contributed by atoms with Gasteiger partial charge >= 0.3 is 16.5 Å². The highest BCUT2D eigenvalue weighted by Crippen LogP contribution is 2.29. The number of carbonyl (C=O) groups is 1. The Morgan fingerprint density at radius 3 is 2.76 bits per heavy atom. The van der Waals surface area contributed by atoms with Gasteiger partial charge in [-0.15, -0.1) is 0 Å². The summed E-state index contributed by atoms with van der Waals surface area (Å²) in [5.74, 6) is -0.254. The molecule has 0 radical (unpaired) electrons. The lowest BCUT2D eigenvalue weighted by atomic mass is 10.1. The maximum absolute atomic E-state index is 13.2. The van der Waals surface area contributed by atoms with Gasteiger partial charge < -0.3 is 15.0 Å². The van der Waals surface area contributed by atoms with Crippen LogP contribution in [0.1, 0.15) is 40.2 Å². The van der Waals surface area contributed by atoms with E-state index in [0.29, 0.717) is 5.69 Å². The molecule has 1 aliphatic carbocycles. The van der Waals surface area contributed by atoms with E-state index in [-0.39, 0.29) is 36.3 Å². The molecule has 3 atom stereocenters. The predicted molar refractivity (Wildman–Crippen MR) is 123 cm³/mol. The Morgan fingerprint density at radius 2 is 2.08 bits per heavy atom. The third-order valence-corrected chi connectivity index (χ3v) is 6.89. The number of hydrogen-bond donors (Lipinski definition) is 3. The number of nitrogens with zero attached hydrogens (tertiary/aromatic N) is 5. The van der Waals surface area contributed by atoms with Gasteiger partial charge in [0.25, 0.3) is 0 Å². The predicted octanol–water partition coefficient (Wildman–Crippen LogP) is 1.09. The molecule has 0 amide bonds. The second-order valence-electron chi connectivity index (χ2n) is 8.50. The van der Waals surface area contributed by atoms with E-state index >= 15 is 0 Å². The van der Waals surface area contributed by atoms with Crippen LogP contribution in [0.4, 0.5) is 19.0 Å². The first-order valence-corrected chi connectivity index (χ1v) is 12.4. The third-order valence-electron chi connectivity index (χ3n) is 5.89. The highest BCUT2D eigenvalue weighted by Gasteiger charge is 2.37. The van der Waals surface area contributed by atoms with Crippen LogP contribution >= 0.6 is 0 Å². The van der Waals surface area contributed by atoms with Crippen molar-refractivity contribution in [3.63, 3.8) is 0 Å². The lowest BCUT2D eigenvalue weighted by molar-refractivity contribution is -0.141. The SMILES string of the molecule is CNS(=O)(=O)O[C@@H]1C[C@H](Nc2ncncc2C(=O)c2ccn(Cc3cc(C(F)(F)F)nn3C)c2)C[C@@H]1O. The highest BCUT2D eigenvalue weighted by molar-refractivity contribution is 7.84. The number of aryl methyl sites for hydroxylation is 1. The first-order valence-electron chi connectivity index (χ1n) is 11.0. The van der Waals surface area contributed by atoms with Crippen molar-refractivity contribution < 1.29 is 35.7 Å². The van der Waals surface area contributed by atoms with Crippen molar-refractivity contribution in [1.82, 2.24) is 29.0 Å². The Kier molecular flexibility index (Phi) is 7.36. The fraction of sp³-hybridized carbons (Fsp3) is 0.429. The molecule has 0 unspecified atom stereocenters. The largest absolute Gasteiger partial charge is 0.435 e. The van der Waals surface area contributed by atoms with Gasteiger partial charge in [-0.3, -0.25) is 13.7 Å². The van der Waals surface area contributed by atoms with Crippen molar-refractivity contribution in [1.29, 1.82) is 0 Å². The number of alkyl halides is 3. The zero-order valence-electron chi connectivity index (χ0n) is 19.7. The number of aliphatic hydroxyl groups excluding tert-OH is 1. The summed E-state index contributed by atoms with van der Waals surface area (Å²) in [6, 6.07) is 2.03. The van der Waals surface area contributed by atoms with Crippen molar-refractivity contribution in [2.24, 2.45) is 7.05 Å². The van der Waals surface area contributed by atoms with E-state index in [9.17, 15) is 31.5 Å². The first-order chi connectivity index (χ1) is 17.4. The van der Waals surface area contributed by atoms with Crippen molar-refractivity contribution in [3.8, 4) is 0 Å². The van der Waals surface area contributed by atoms with Crippen molar-refractivity contribution in [2.45, 2.75) is 43.8 Å². The van der Waals surface area contributed by atoms with E-state index in [0.717, 1.165) is 10.7 Å². The highest BCUT2D eigenvalue weighted by atomic mass is 32.2. The van der Waals surface area contributed by atoms with Gasteiger partial charge in [-0.1, -0.05) is 0 Å². The standard InChI is InChI=1S/C21H24F3N7O5S/c1-25-37(34,35)36-17-6-13(5-16(17)32)28-20-15(8-26-11-27-20)19(33)12-3-4-31(9-12)10-14-7-18(21(22,23)24)29-30(14)2/h3-4,7-9,11,13,16-17,25,32H,5-6,10H2,1-2H3,(H,26,27,28)/t13-,16+,17-/m1/s1. The lowest BCUT2D eigenvalue weighted by Gasteiger charge is -2.15. The Hall–Kier alpha value is -3.34. The molecule has 3 aromatic heterocycles. The third kappa shape index (κ3) is 6.15. The van der Waals surface area contributed by atoms with Gasteiger partial charge in [-0.25, -0.2) is 9.97 Å². The summed E-state index contributed by atoms with van der Waals surface area (Å²) < 4.78 is 71.8. The molecular weight excluding hydrogens is 519 g/mol. The molecule has 3 N–H and O–H groups in total. The van der Waals surface area contributed by atoms with Crippen LogP contribution in [0.25, 0.3) is 0 Å². The van der Waals surface area contributed by atoms with Gasteiger partial charge in [-0.2, -0.15) is 31.4 Å². The molecular formula is C21H24F3N7O5S. The number of halogens is 3. The average Bonchev–Trinajstić information content (AvgIpc) is 3.53. The molecule has 200 valence electrons. The normalized spacial score (nSPS) is 20.3. The molecule has 12 nitrogen and oxygen atoms in total. The van der Waals surface area contributed by atoms with Crippen molar-refractivity contribution >= 4 is 21.9 Å². The molecule has 37 heavy (non-hydrogen) atoms. The molecule has 1 fully saturated rings. The lowest BCUT2D eigenvalue weighted by Crippen LogP contribution is -2.31. The quantitative estimate of drug-likeness (QED) is 0.337. The van der Waals surface area contributed by atoms with Crippen LogP contribution in [0.15, 0.2) is 37.1 Å². The number of aliphatic hydroxyl groups is 1. The van der Waals surface area contributed by atoms with E-state index < -0.39 is 46.2 Å². The van der Waals surface area contributed by atoms with Crippen LogP contribution in [0.2, 0.25) is 0 Å². The van der Waals surface area contributed by atoms with Crippen LogP contribution in [-0.4, -0.2) is 68.9 Å². The van der Waals surface area contributed by atoms with E-state index in [1.165, 1.54) is 38.9 Å². The minimum Gasteiger partial charge on any atom is -0.390 e. The van der Waals surface area contributed by atoms with E-state index in [1.54, 1.807) is 10.8 Å². The number of ketones is 1. The average molecular weight is 544 g/mol. The molecule has 1 saturated carbocycles. The van der Waals surface area contributed by atoms with E-state index in [1.807, 2.05) is 4.72 Å². The maximum atomic E-state index is 13.2. The molecule has 3 heterocycles. The fourth-order valence-electron chi connectivity index (χ4n) is 4.02. The summed E-state index contributed by atoms with van der Waals surface area (Å²) in [5, 5.41) is 16.7. The Bertz CT molecular complexity index is 1390. The minimum atomic E-state index is -4.56. The van der Waals surface area contributed by atoms with Crippen LogP contribution in [0.5, 0.6) is 0 Å². The fourth-order valence-corrected chi connectivity index (χ4v) is 4.65. The second kappa shape index (κ2) is 10.2. The van der Waals surface area contributed by atoms with Gasteiger partial charge in [-0.05, 0) is 25.0 Å². The van der Waals surface area contributed by atoms with Crippen LogP contribution < -0.4 is 10.0 Å². The molecule has 0 aromatic carbocycles. The summed E-state index contributed by atoms with van der Waals surface area (Å²) in [6.45, 7) is 0.0557. The zero-order chi connectivity index (χ0) is 27.0. The summed E-state index contributed by atoms with van der Waals surface area (Å²) in [6.07, 6.45) is -0.703. The van der Waals surface area contributed by atoms with Crippen LogP contribution in [-0.2, 0) is 34.3 Å². The topological polar surface area (TPSA) is 153 Å². The molecule has 1 aliphatic rings. The van der Waals surface area contributed by atoms with E-state index in [4.69, 9.17) is 4.18 Å². The molecule has 0 spiro atoms. The number of nitrogens with one attached hydrogen (secondary N) is 2.